The molecular formula is C7H8O3. The molecule has 0 aromatic carbocycles. The zero-order valence-electron chi connectivity index (χ0n) is 5.88. The minimum atomic E-state index is -0.364. The highest BCUT2D eigenvalue weighted by Gasteiger charge is 2.06. The Labute approximate surface area is 58.6 Å². The fraction of sp³-hybridized carbons (Fsp3) is 0.286. The molecule has 0 aliphatic heterocycles. The summed E-state index contributed by atoms with van der Waals surface area (Å²) in [5.41, 5.74) is 0.458. The number of rotatable bonds is 1. The zero-order valence-corrected chi connectivity index (χ0v) is 5.88. The molecule has 0 spiro atoms. The van der Waals surface area contributed by atoms with Crippen LogP contribution in [0.25, 0.3) is 0 Å². The van der Waals surface area contributed by atoms with Crippen LogP contribution in [0, 0.1) is 6.92 Å². The second-order valence-corrected chi connectivity index (χ2v) is 1.94. The van der Waals surface area contributed by atoms with Gasteiger partial charge < -0.3 is 9.15 Å². The lowest BCUT2D eigenvalue weighted by molar-refractivity contribution is 0.0600. The molecule has 0 unspecified atom stereocenters. The van der Waals surface area contributed by atoms with E-state index in [9.17, 15) is 4.79 Å². The van der Waals surface area contributed by atoms with E-state index in [0.29, 0.717) is 11.3 Å². The van der Waals surface area contributed by atoms with Crippen molar-refractivity contribution in [3.63, 3.8) is 0 Å². The molecule has 0 bridgehead atoms. The molecule has 3 nitrogen and oxygen atoms in total. The van der Waals surface area contributed by atoms with Crippen LogP contribution in [-0.2, 0) is 4.74 Å². The van der Waals surface area contributed by atoms with Crippen LogP contribution < -0.4 is 0 Å². The molecule has 1 heterocycles. The minimum Gasteiger partial charge on any atom is -0.469 e. The molecule has 0 atom stereocenters. The SMILES string of the molecule is COC(=O)c1coc(C)c1. The molecule has 10 heavy (non-hydrogen) atoms. The number of hydrogen-bond acceptors (Lipinski definition) is 3. The molecule has 1 aromatic heterocycles. The summed E-state index contributed by atoms with van der Waals surface area (Å²) in [5, 5.41) is 0. The minimum absolute atomic E-state index is 0.364. The Morgan fingerprint density at radius 1 is 1.70 bits per heavy atom. The van der Waals surface area contributed by atoms with Crippen molar-refractivity contribution >= 4 is 5.97 Å². The van der Waals surface area contributed by atoms with Gasteiger partial charge in [-0.1, -0.05) is 0 Å². The topological polar surface area (TPSA) is 39.4 Å². The Morgan fingerprint density at radius 2 is 2.40 bits per heavy atom. The standard InChI is InChI=1S/C7H8O3/c1-5-3-6(4-10-5)7(8)9-2/h3-4H,1-2H3. The van der Waals surface area contributed by atoms with Crippen LogP contribution >= 0.6 is 0 Å². The van der Waals surface area contributed by atoms with Crippen molar-refractivity contribution in [3.8, 4) is 0 Å². The molecule has 3 heteroatoms. The summed E-state index contributed by atoms with van der Waals surface area (Å²) >= 11 is 0. The third kappa shape index (κ3) is 1.18. The monoisotopic (exact) mass is 140 g/mol. The molecule has 1 rings (SSSR count). The predicted molar refractivity (Wildman–Crippen MR) is 34.8 cm³/mol. The maximum atomic E-state index is 10.7. The van der Waals surface area contributed by atoms with E-state index in [1.807, 2.05) is 0 Å². The molecule has 54 valence electrons. The molecular weight excluding hydrogens is 132 g/mol. The van der Waals surface area contributed by atoms with Gasteiger partial charge in [0.2, 0.25) is 0 Å². The van der Waals surface area contributed by atoms with Gasteiger partial charge in [-0.2, -0.15) is 0 Å². The van der Waals surface area contributed by atoms with Gasteiger partial charge in [-0.3, -0.25) is 0 Å². The molecule has 0 saturated heterocycles. The van der Waals surface area contributed by atoms with E-state index in [2.05, 4.69) is 4.74 Å². The molecule has 0 radical (unpaired) electrons. The van der Waals surface area contributed by atoms with Gasteiger partial charge in [-0.05, 0) is 13.0 Å². The molecule has 1 aromatic rings. The maximum absolute atomic E-state index is 10.7. The van der Waals surface area contributed by atoms with E-state index in [0.717, 1.165) is 0 Å². The smallest absolute Gasteiger partial charge is 0.341 e. The van der Waals surface area contributed by atoms with Gasteiger partial charge >= 0.3 is 5.97 Å². The first-order valence-electron chi connectivity index (χ1n) is 2.87. The number of aryl methyl sites for hydroxylation is 1. The number of methoxy groups -OCH3 is 1. The lowest BCUT2D eigenvalue weighted by Gasteiger charge is -1.89. The van der Waals surface area contributed by atoms with Gasteiger partial charge in [-0.15, -0.1) is 0 Å². The Balaban J connectivity index is 2.85. The summed E-state index contributed by atoms with van der Waals surface area (Å²) in [6.07, 6.45) is 1.38. The highest BCUT2D eigenvalue weighted by atomic mass is 16.5. The van der Waals surface area contributed by atoms with Crippen molar-refractivity contribution in [1.29, 1.82) is 0 Å². The van der Waals surface area contributed by atoms with Gasteiger partial charge in [0, 0.05) is 0 Å². The van der Waals surface area contributed by atoms with Crippen molar-refractivity contribution in [2.75, 3.05) is 7.11 Å². The lowest BCUT2D eigenvalue weighted by Crippen LogP contribution is -1.97. The average Bonchev–Trinajstić information content (AvgIpc) is 2.34. The number of carbonyl (C=O) groups is 1. The summed E-state index contributed by atoms with van der Waals surface area (Å²) in [6, 6.07) is 1.63. The summed E-state index contributed by atoms with van der Waals surface area (Å²) in [4.78, 5) is 10.7. The van der Waals surface area contributed by atoms with Crippen LogP contribution in [0.5, 0.6) is 0 Å². The van der Waals surface area contributed by atoms with Gasteiger partial charge in [0.25, 0.3) is 0 Å². The molecule has 0 amide bonds. The third-order valence-corrected chi connectivity index (χ3v) is 1.15. The Hall–Kier alpha value is -1.25. The highest BCUT2D eigenvalue weighted by molar-refractivity contribution is 5.88. The normalized spacial score (nSPS) is 9.40. The summed E-state index contributed by atoms with van der Waals surface area (Å²) in [5.74, 6) is 0.345. The van der Waals surface area contributed by atoms with Crippen LogP contribution in [-0.4, -0.2) is 13.1 Å². The van der Waals surface area contributed by atoms with Crippen LogP contribution in [0.4, 0.5) is 0 Å². The quantitative estimate of drug-likeness (QED) is 0.553. The first-order valence-corrected chi connectivity index (χ1v) is 2.87. The van der Waals surface area contributed by atoms with Crippen LogP contribution in [0.3, 0.4) is 0 Å². The van der Waals surface area contributed by atoms with Crippen molar-refractivity contribution in [2.45, 2.75) is 6.92 Å². The molecule has 0 aliphatic carbocycles. The lowest BCUT2D eigenvalue weighted by atomic mass is 10.3. The Bertz CT molecular complexity index is 237. The maximum Gasteiger partial charge on any atom is 0.341 e. The number of ether oxygens (including phenoxy) is 1. The molecule has 0 N–H and O–H groups in total. The molecule has 0 saturated carbocycles. The van der Waals surface area contributed by atoms with Gasteiger partial charge in [0.05, 0.1) is 12.7 Å². The first-order chi connectivity index (χ1) is 4.74. The largest absolute Gasteiger partial charge is 0.469 e. The van der Waals surface area contributed by atoms with Gasteiger partial charge in [0.15, 0.2) is 0 Å². The third-order valence-electron chi connectivity index (χ3n) is 1.15. The summed E-state index contributed by atoms with van der Waals surface area (Å²) < 4.78 is 9.34. The van der Waals surface area contributed by atoms with E-state index in [-0.39, 0.29) is 5.97 Å². The van der Waals surface area contributed by atoms with Crippen molar-refractivity contribution in [3.05, 3.63) is 23.7 Å². The Kier molecular flexibility index (Phi) is 1.76. The van der Waals surface area contributed by atoms with Crippen LogP contribution in [0.1, 0.15) is 16.1 Å². The van der Waals surface area contributed by atoms with Crippen molar-refractivity contribution < 1.29 is 13.9 Å². The van der Waals surface area contributed by atoms with Crippen LogP contribution in [0.15, 0.2) is 16.7 Å². The van der Waals surface area contributed by atoms with E-state index in [1.165, 1.54) is 13.4 Å². The number of esters is 1. The zero-order chi connectivity index (χ0) is 7.56. The number of hydrogen-bond donors (Lipinski definition) is 0. The highest BCUT2D eigenvalue weighted by Crippen LogP contribution is 2.06. The molecule has 0 aliphatic rings. The number of furan rings is 1. The second-order valence-electron chi connectivity index (χ2n) is 1.94. The van der Waals surface area contributed by atoms with Gasteiger partial charge in [-0.25, -0.2) is 4.79 Å². The fourth-order valence-corrected chi connectivity index (χ4v) is 0.668. The first kappa shape index (κ1) is 6.86. The van der Waals surface area contributed by atoms with Crippen molar-refractivity contribution in [2.24, 2.45) is 0 Å². The molecule has 0 fully saturated rings. The fourth-order valence-electron chi connectivity index (χ4n) is 0.668. The van der Waals surface area contributed by atoms with E-state index < -0.39 is 0 Å². The summed E-state index contributed by atoms with van der Waals surface area (Å²) in [6.45, 7) is 1.77. The van der Waals surface area contributed by atoms with Gasteiger partial charge in [0.1, 0.15) is 12.0 Å². The average molecular weight is 140 g/mol. The number of carbonyl (C=O) groups excluding carboxylic acids is 1. The van der Waals surface area contributed by atoms with E-state index >= 15 is 0 Å². The second kappa shape index (κ2) is 2.56. The van der Waals surface area contributed by atoms with Crippen molar-refractivity contribution in [1.82, 2.24) is 0 Å². The van der Waals surface area contributed by atoms with Crippen LogP contribution in [0.2, 0.25) is 0 Å². The van der Waals surface area contributed by atoms with E-state index in [4.69, 9.17) is 4.42 Å². The summed E-state index contributed by atoms with van der Waals surface area (Å²) in [7, 11) is 1.34. The predicted octanol–water partition coefficient (Wildman–Crippen LogP) is 1.37. The Morgan fingerprint density at radius 3 is 2.80 bits per heavy atom. The van der Waals surface area contributed by atoms with E-state index in [1.54, 1.807) is 13.0 Å².